The molecule has 2 rings (SSSR count). The third kappa shape index (κ3) is 2.84. The molecule has 0 aromatic rings. The van der Waals surface area contributed by atoms with E-state index in [1.807, 2.05) is 23.5 Å². The fourth-order valence-electron chi connectivity index (χ4n) is 2.25. The second kappa shape index (κ2) is 5.48. The van der Waals surface area contributed by atoms with Crippen LogP contribution in [-0.4, -0.2) is 45.8 Å². The summed E-state index contributed by atoms with van der Waals surface area (Å²) in [7, 11) is 0. The zero-order valence-electron chi connectivity index (χ0n) is 9.37. The largest absolute Gasteiger partial charge is 0.360 e. The Labute approximate surface area is 101 Å². The summed E-state index contributed by atoms with van der Waals surface area (Å²) >= 11 is 4.02. The highest BCUT2D eigenvalue weighted by Gasteiger charge is 2.29. The fraction of sp³-hybridized carbons (Fsp3) is 0.909. The molecule has 0 aromatic heterocycles. The van der Waals surface area contributed by atoms with Gasteiger partial charge in [0, 0.05) is 29.8 Å². The number of piperidine rings is 1. The summed E-state index contributed by atoms with van der Waals surface area (Å²) < 4.78 is 0. The van der Waals surface area contributed by atoms with Crippen LogP contribution >= 0.6 is 23.5 Å². The number of nitrogens with one attached hydrogen (secondary N) is 1. The molecule has 86 valence electrons. The molecular weight excluding hydrogens is 224 g/mol. The van der Waals surface area contributed by atoms with Gasteiger partial charge in [0.25, 0.3) is 0 Å². The van der Waals surface area contributed by atoms with E-state index in [1.165, 1.54) is 30.8 Å². The molecule has 2 aliphatic heterocycles. The van der Waals surface area contributed by atoms with Crippen molar-refractivity contribution in [3.8, 4) is 0 Å². The van der Waals surface area contributed by atoms with Crippen molar-refractivity contribution in [2.75, 3.05) is 24.6 Å². The van der Waals surface area contributed by atoms with Crippen LogP contribution in [0.5, 0.6) is 0 Å². The van der Waals surface area contributed by atoms with Crippen LogP contribution in [0.4, 0.5) is 0 Å². The second-order valence-corrected chi connectivity index (χ2v) is 7.03. The Bertz CT molecular complexity index is 227. The molecule has 2 unspecified atom stereocenters. The maximum absolute atomic E-state index is 8.30. The van der Waals surface area contributed by atoms with Gasteiger partial charge in [-0.2, -0.15) is 11.8 Å². The maximum atomic E-state index is 8.30. The number of nitrogens with zero attached hydrogens (tertiary/aromatic N) is 1. The summed E-state index contributed by atoms with van der Waals surface area (Å²) in [5.74, 6) is 3.38. The number of likely N-dealkylation sites (tertiary alicyclic amines) is 1. The van der Waals surface area contributed by atoms with E-state index in [9.17, 15) is 0 Å². The van der Waals surface area contributed by atoms with Crippen molar-refractivity contribution in [3.63, 3.8) is 0 Å². The van der Waals surface area contributed by atoms with Crippen molar-refractivity contribution in [1.82, 2.24) is 4.90 Å². The molecule has 0 radical (unpaired) electrons. The quantitative estimate of drug-likeness (QED) is 0.567. The Kier molecular flexibility index (Phi) is 4.26. The van der Waals surface area contributed by atoms with E-state index in [2.05, 4.69) is 11.8 Å². The predicted octanol–water partition coefficient (Wildman–Crippen LogP) is 2.69. The highest BCUT2D eigenvalue weighted by Crippen LogP contribution is 2.32. The van der Waals surface area contributed by atoms with E-state index in [0.29, 0.717) is 10.5 Å². The highest BCUT2D eigenvalue weighted by molar-refractivity contribution is 8.07. The van der Waals surface area contributed by atoms with Crippen LogP contribution < -0.4 is 0 Å². The number of thioether (sulfide) groups is 2. The number of hydrogen-bond donors (Lipinski definition) is 1. The lowest BCUT2D eigenvalue weighted by Crippen LogP contribution is -2.44. The molecule has 1 N–H and O–H groups in total. The molecule has 2 atom stereocenters. The monoisotopic (exact) mass is 244 g/mol. The maximum Gasteiger partial charge on any atom is 0.110 e. The van der Waals surface area contributed by atoms with Gasteiger partial charge in [-0.25, -0.2) is 0 Å². The van der Waals surface area contributed by atoms with Crippen molar-refractivity contribution in [2.45, 2.75) is 36.7 Å². The third-order valence-corrected chi connectivity index (χ3v) is 6.25. The van der Waals surface area contributed by atoms with Crippen molar-refractivity contribution in [1.29, 1.82) is 5.41 Å². The molecule has 2 fully saturated rings. The molecule has 2 aliphatic rings. The van der Waals surface area contributed by atoms with E-state index in [4.69, 9.17) is 5.41 Å². The lowest BCUT2D eigenvalue weighted by molar-refractivity contribution is 0.335. The van der Waals surface area contributed by atoms with E-state index in [1.54, 1.807) is 0 Å². The van der Waals surface area contributed by atoms with Gasteiger partial charge in [-0.05, 0) is 19.3 Å². The van der Waals surface area contributed by atoms with Gasteiger partial charge in [0.2, 0.25) is 0 Å². The van der Waals surface area contributed by atoms with Crippen LogP contribution in [0, 0.1) is 5.41 Å². The van der Waals surface area contributed by atoms with Gasteiger partial charge in [0.15, 0.2) is 0 Å². The van der Waals surface area contributed by atoms with Crippen molar-refractivity contribution in [2.24, 2.45) is 0 Å². The van der Waals surface area contributed by atoms with Crippen molar-refractivity contribution in [3.05, 3.63) is 0 Å². The molecule has 4 heteroatoms. The molecule has 2 saturated heterocycles. The van der Waals surface area contributed by atoms with Crippen LogP contribution in [0.3, 0.4) is 0 Å². The topological polar surface area (TPSA) is 27.1 Å². The van der Waals surface area contributed by atoms with Crippen LogP contribution in [0.2, 0.25) is 0 Å². The number of rotatable bonds is 1. The Hall–Kier alpha value is 0.170. The van der Waals surface area contributed by atoms with E-state index in [0.717, 1.165) is 18.9 Å². The van der Waals surface area contributed by atoms with E-state index in [-0.39, 0.29) is 0 Å². The second-order valence-electron chi connectivity index (χ2n) is 4.30. The first-order valence-electron chi connectivity index (χ1n) is 5.85. The molecule has 0 amide bonds. The van der Waals surface area contributed by atoms with Gasteiger partial charge >= 0.3 is 0 Å². The molecule has 2 heterocycles. The highest BCUT2D eigenvalue weighted by atomic mass is 32.2. The van der Waals surface area contributed by atoms with Gasteiger partial charge in [-0.15, -0.1) is 11.8 Å². The van der Waals surface area contributed by atoms with Gasteiger partial charge in [-0.3, -0.25) is 5.41 Å². The van der Waals surface area contributed by atoms with Crippen LogP contribution in [0.1, 0.15) is 26.2 Å². The molecule has 0 spiro atoms. The average molecular weight is 244 g/mol. The van der Waals surface area contributed by atoms with Crippen LogP contribution in [0.15, 0.2) is 0 Å². The zero-order chi connectivity index (χ0) is 10.7. The number of hydrogen-bond acceptors (Lipinski definition) is 3. The minimum Gasteiger partial charge on any atom is -0.360 e. The minimum atomic E-state index is 0.446. The molecule has 0 bridgehead atoms. The first-order valence-corrected chi connectivity index (χ1v) is 7.95. The molecule has 2 nitrogen and oxygen atoms in total. The first kappa shape index (κ1) is 11.6. The zero-order valence-corrected chi connectivity index (χ0v) is 11.0. The molecule has 15 heavy (non-hydrogen) atoms. The van der Waals surface area contributed by atoms with Crippen molar-refractivity contribution >= 4 is 29.4 Å². The third-order valence-electron chi connectivity index (χ3n) is 3.15. The van der Waals surface area contributed by atoms with Gasteiger partial charge in [0.05, 0.1) is 5.25 Å². The Morgan fingerprint density at radius 2 is 1.80 bits per heavy atom. The summed E-state index contributed by atoms with van der Waals surface area (Å²) in [6, 6.07) is 0. The fourth-order valence-corrected chi connectivity index (χ4v) is 5.00. The van der Waals surface area contributed by atoms with Gasteiger partial charge in [0.1, 0.15) is 5.84 Å². The smallest absolute Gasteiger partial charge is 0.110 e. The predicted molar refractivity (Wildman–Crippen MR) is 71.3 cm³/mol. The summed E-state index contributed by atoms with van der Waals surface area (Å²) in [6.45, 7) is 4.51. The van der Waals surface area contributed by atoms with Gasteiger partial charge in [-0.1, -0.05) is 6.92 Å². The summed E-state index contributed by atoms with van der Waals surface area (Å²) in [6.07, 6.45) is 3.91. The summed E-state index contributed by atoms with van der Waals surface area (Å²) in [4.78, 5) is 2.31. The standard InChI is InChI=1S/C11H20N2S2/c1-9-10(15-8-7-14-9)11(12)13-5-3-2-4-6-13/h9-10,12H,2-8H2,1H3. The summed E-state index contributed by atoms with van der Waals surface area (Å²) in [5.41, 5.74) is 0. The lowest BCUT2D eigenvalue weighted by Gasteiger charge is -2.36. The minimum absolute atomic E-state index is 0.446. The Morgan fingerprint density at radius 3 is 2.47 bits per heavy atom. The van der Waals surface area contributed by atoms with Gasteiger partial charge < -0.3 is 4.90 Å². The molecule has 0 aromatic carbocycles. The first-order chi connectivity index (χ1) is 7.29. The van der Waals surface area contributed by atoms with Crippen LogP contribution in [-0.2, 0) is 0 Å². The lowest BCUT2D eigenvalue weighted by atomic mass is 10.1. The van der Waals surface area contributed by atoms with Crippen molar-refractivity contribution < 1.29 is 0 Å². The summed E-state index contributed by atoms with van der Waals surface area (Å²) in [5, 5.41) is 9.37. The molecule has 0 saturated carbocycles. The SMILES string of the molecule is CC1SCCSC1C(=N)N1CCCCC1. The van der Waals surface area contributed by atoms with E-state index >= 15 is 0 Å². The molecule has 0 aliphatic carbocycles. The Balaban J connectivity index is 1.92. The molecular formula is C11H20N2S2. The Morgan fingerprint density at radius 1 is 1.13 bits per heavy atom. The van der Waals surface area contributed by atoms with E-state index < -0.39 is 0 Å². The number of amidine groups is 1. The average Bonchev–Trinajstić information content (AvgIpc) is 2.30. The van der Waals surface area contributed by atoms with Crippen LogP contribution in [0.25, 0.3) is 0 Å². The normalized spacial score (nSPS) is 32.7.